The molecule has 1 N–H and O–H groups in total. The lowest BCUT2D eigenvalue weighted by molar-refractivity contribution is -0.115. The Hall–Kier alpha value is -1.88. The smallest absolute Gasteiger partial charge is 0.243 e. The number of aromatic nitrogens is 2. The summed E-state index contributed by atoms with van der Waals surface area (Å²) in [5.41, 5.74) is 2.63. The van der Waals surface area contributed by atoms with E-state index in [9.17, 15) is 13.2 Å². The van der Waals surface area contributed by atoms with Crippen LogP contribution in [-0.4, -0.2) is 59.7 Å². The van der Waals surface area contributed by atoms with Crippen LogP contribution in [0.4, 0.5) is 5.69 Å². The number of carbonyl (C=O) groups is 1. The second-order valence-corrected chi connectivity index (χ2v) is 11.9. The van der Waals surface area contributed by atoms with E-state index in [0.717, 1.165) is 29.4 Å². The number of sulfonamides is 1. The van der Waals surface area contributed by atoms with Gasteiger partial charge in [-0.05, 0) is 51.8 Å². The molecule has 2 aliphatic rings. The van der Waals surface area contributed by atoms with E-state index in [1.54, 1.807) is 18.2 Å². The topological polar surface area (TPSA) is 93.5 Å². The van der Waals surface area contributed by atoms with Gasteiger partial charge in [0.05, 0.1) is 29.1 Å². The Bertz CT molecular complexity index is 1100. The zero-order chi connectivity index (χ0) is 23.6. The molecule has 0 bridgehead atoms. The van der Waals surface area contributed by atoms with Gasteiger partial charge in [-0.3, -0.25) is 4.79 Å². The summed E-state index contributed by atoms with van der Waals surface area (Å²) in [5.74, 6) is -0.183. The predicted molar refractivity (Wildman–Crippen MR) is 129 cm³/mol. The van der Waals surface area contributed by atoms with E-state index in [1.165, 1.54) is 35.0 Å². The van der Waals surface area contributed by atoms with Gasteiger partial charge in [-0.15, -0.1) is 0 Å². The van der Waals surface area contributed by atoms with Crippen LogP contribution in [-0.2, 0) is 19.6 Å². The quantitative estimate of drug-likeness (QED) is 0.592. The third-order valence-electron chi connectivity index (χ3n) is 6.41. The minimum atomic E-state index is -3.62. The van der Waals surface area contributed by atoms with Crippen LogP contribution in [0.25, 0.3) is 0 Å². The fraction of sp³-hybridized carbons (Fsp3) is 0.565. The Kier molecular flexibility index (Phi) is 7.47. The average Bonchev–Trinajstić information content (AvgIpc) is 3.42. The highest BCUT2D eigenvalue weighted by molar-refractivity contribution is 8.00. The Morgan fingerprint density at radius 1 is 1.21 bits per heavy atom. The maximum absolute atomic E-state index is 13.0. The lowest BCUT2D eigenvalue weighted by Crippen LogP contribution is -2.40. The molecule has 33 heavy (non-hydrogen) atoms. The molecule has 1 aromatic carbocycles. The highest BCUT2D eigenvalue weighted by Gasteiger charge is 2.28. The summed E-state index contributed by atoms with van der Waals surface area (Å²) in [6, 6.07) is 6.89. The minimum absolute atomic E-state index is 0.172. The SMILES string of the molecule is Cc1nc(S[C@@H](C)C(=O)Nc2cccc(S(=O)(=O)N3CCOCC3)c2)n(C2CCCC2)c1C. The fourth-order valence-electron chi connectivity index (χ4n) is 4.40. The van der Waals surface area contributed by atoms with Gasteiger partial charge in [-0.25, -0.2) is 13.4 Å². The first kappa shape index (κ1) is 24.3. The van der Waals surface area contributed by atoms with E-state index in [2.05, 4.69) is 16.8 Å². The van der Waals surface area contributed by atoms with Gasteiger partial charge < -0.3 is 14.6 Å². The summed E-state index contributed by atoms with van der Waals surface area (Å²) in [6.45, 7) is 7.40. The molecule has 0 radical (unpaired) electrons. The van der Waals surface area contributed by atoms with Gasteiger partial charge in [0.25, 0.3) is 0 Å². The molecule has 1 aliphatic carbocycles. The van der Waals surface area contributed by atoms with E-state index in [-0.39, 0.29) is 16.1 Å². The second-order valence-electron chi connectivity index (χ2n) is 8.67. The summed E-state index contributed by atoms with van der Waals surface area (Å²) in [6.07, 6.45) is 4.75. The molecule has 2 aromatic rings. The normalized spacial score (nSPS) is 19.0. The molecular weight excluding hydrogens is 460 g/mol. The van der Waals surface area contributed by atoms with Crippen molar-refractivity contribution in [1.29, 1.82) is 0 Å². The number of nitrogens with one attached hydrogen (secondary N) is 1. The highest BCUT2D eigenvalue weighted by Crippen LogP contribution is 2.36. The van der Waals surface area contributed by atoms with Crippen molar-refractivity contribution < 1.29 is 17.9 Å². The number of benzene rings is 1. The number of amides is 1. The molecule has 1 aromatic heterocycles. The van der Waals surface area contributed by atoms with Crippen LogP contribution in [0, 0.1) is 13.8 Å². The van der Waals surface area contributed by atoms with Gasteiger partial charge >= 0.3 is 0 Å². The number of aryl methyl sites for hydroxylation is 1. The number of thioether (sulfide) groups is 1. The molecule has 0 spiro atoms. The number of rotatable bonds is 7. The summed E-state index contributed by atoms with van der Waals surface area (Å²) in [7, 11) is -3.62. The molecule has 1 saturated carbocycles. The van der Waals surface area contributed by atoms with Gasteiger partial charge in [0, 0.05) is 30.5 Å². The van der Waals surface area contributed by atoms with Gasteiger partial charge in [-0.2, -0.15) is 4.31 Å². The predicted octanol–water partition coefficient (Wildman–Crippen LogP) is 3.76. The molecule has 1 atom stereocenters. The summed E-state index contributed by atoms with van der Waals surface area (Å²) in [5, 5.41) is 3.38. The monoisotopic (exact) mass is 492 g/mol. The average molecular weight is 493 g/mol. The molecule has 1 aliphatic heterocycles. The Labute approximate surface area is 200 Å². The third-order valence-corrected chi connectivity index (χ3v) is 9.37. The zero-order valence-corrected chi connectivity index (χ0v) is 21.0. The molecule has 0 unspecified atom stereocenters. The molecule has 8 nitrogen and oxygen atoms in total. The first-order chi connectivity index (χ1) is 15.8. The van der Waals surface area contributed by atoms with Gasteiger partial charge in [0.2, 0.25) is 15.9 Å². The van der Waals surface area contributed by atoms with Gasteiger partial charge in [0.15, 0.2) is 5.16 Å². The summed E-state index contributed by atoms with van der Waals surface area (Å²) in [4.78, 5) is 17.9. The Morgan fingerprint density at radius 3 is 2.61 bits per heavy atom. The number of ether oxygens (including phenoxy) is 1. The first-order valence-corrected chi connectivity index (χ1v) is 13.8. The number of hydrogen-bond acceptors (Lipinski definition) is 6. The number of morpholine rings is 1. The van der Waals surface area contributed by atoms with Crippen molar-refractivity contribution in [3.63, 3.8) is 0 Å². The Morgan fingerprint density at radius 2 is 1.91 bits per heavy atom. The largest absolute Gasteiger partial charge is 0.379 e. The second kappa shape index (κ2) is 10.2. The Balaban J connectivity index is 1.46. The molecule has 1 amide bonds. The van der Waals surface area contributed by atoms with Gasteiger partial charge in [0.1, 0.15) is 0 Å². The number of carbonyl (C=O) groups excluding carboxylic acids is 1. The molecule has 180 valence electrons. The minimum Gasteiger partial charge on any atom is -0.379 e. The van der Waals surface area contributed by atoms with Crippen LogP contribution >= 0.6 is 11.8 Å². The van der Waals surface area contributed by atoms with Crippen molar-refractivity contribution in [2.75, 3.05) is 31.6 Å². The molecule has 2 fully saturated rings. The summed E-state index contributed by atoms with van der Waals surface area (Å²) >= 11 is 1.45. The maximum atomic E-state index is 13.0. The van der Waals surface area contributed by atoms with E-state index < -0.39 is 10.0 Å². The molecule has 2 heterocycles. The molecule has 10 heteroatoms. The van der Waals surface area contributed by atoms with Crippen molar-refractivity contribution in [3.8, 4) is 0 Å². The first-order valence-electron chi connectivity index (χ1n) is 11.5. The van der Waals surface area contributed by atoms with E-state index in [0.29, 0.717) is 38.0 Å². The third kappa shape index (κ3) is 5.29. The van der Waals surface area contributed by atoms with Crippen molar-refractivity contribution in [2.24, 2.45) is 0 Å². The van der Waals surface area contributed by atoms with Crippen LogP contribution in [0.1, 0.15) is 50.0 Å². The highest BCUT2D eigenvalue weighted by atomic mass is 32.2. The van der Waals surface area contributed by atoms with Crippen LogP contribution in [0.2, 0.25) is 0 Å². The van der Waals surface area contributed by atoms with Crippen molar-refractivity contribution >= 4 is 33.4 Å². The molecule has 4 rings (SSSR count). The van der Waals surface area contributed by atoms with Crippen LogP contribution in [0.3, 0.4) is 0 Å². The molecular formula is C23H32N4O4S2. The van der Waals surface area contributed by atoms with Crippen molar-refractivity contribution in [2.45, 2.75) is 67.8 Å². The zero-order valence-electron chi connectivity index (χ0n) is 19.4. The number of nitrogens with zero attached hydrogens (tertiary/aromatic N) is 3. The van der Waals surface area contributed by atoms with Crippen LogP contribution in [0.15, 0.2) is 34.3 Å². The standard InChI is InChI=1S/C23H32N4O4S2/c1-16-17(2)27(20-8-4-5-9-20)23(24-16)32-18(3)22(28)25-19-7-6-10-21(15-19)33(29,30)26-11-13-31-14-12-26/h6-7,10,15,18,20H,4-5,8-9,11-14H2,1-3H3,(H,25,28)/t18-/m0/s1. The van der Waals surface area contributed by atoms with E-state index in [4.69, 9.17) is 9.72 Å². The number of hydrogen-bond donors (Lipinski definition) is 1. The summed E-state index contributed by atoms with van der Waals surface area (Å²) < 4.78 is 34.9. The van der Waals surface area contributed by atoms with Crippen molar-refractivity contribution in [3.05, 3.63) is 35.7 Å². The number of anilines is 1. The number of imidazole rings is 1. The maximum Gasteiger partial charge on any atom is 0.243 e. The van der Waals surface area contributed by atoms with Crippen LogP contribution in [0.5, 0.6) is 0 Å². The molecule has 1 saturated heterocycles. The lowest BCUT2D eigenvalue weighted by Gasteiger charge is -2.26. The lowest BCUT2D eigenvalue weighted by atomic mass is 10.2. The van der Waals surface area contributed by atoms with E-state index >= 15 is 0 Å². The van der Waals surface area contributed by atoms with Crippen molar-refractivity contribution in [1.82, 2.24) is 13.9 Å². The fourth-order valence-corrected chi connectivity index (χ4v) is 6.92. The van der Waals surface area contributed by atoms with Crippen LogP contribution < -0.4 is 5.32 Å². The van der Waals surface area contributed by atoms with E-state index in [1.807, 2.05) is 13.8 Å². The van der Waals surface area contributed by atoms with Gasteiger partial charge in [-0.1, -0.05) is 30.7 Å².